The fourth-order valence-corrected chi connectivity index (χ4v) is 2.84. The smallest absolute Gasteiger partial charge is 0.274 e. The first-order chi connectivity index (χ1) is 13.5. The lowest BCUT2D eigenvalue weighted by atomic mass is 10.2. The van der Waals surface area contributed by atoms with E-state index in [9.17, 15) is 4.79 Å². The Morgan fingerprint density at radius 2 is 1.68 bits per heavy atom. The van der Waals surface area contributed by atoms with Crippen molar-refractivity contribution in [2.24, 2.45) is 0 Å². The van der Waals surface area contributed by atoms with E-state index in [-0.39, 0.29) is 5.91 Å². The minimum absolute atomic E-state index is 0.283. The maximum absolute atomic E-state index is 12.5. The molecule has 0 radical (unpaired) electrons. The summed E-state index contributed by atoms with van der Waals surface area (Å²) >= 11 is 6.15. The van der Waals surface area contributed by atoms with E-state index in [2.05, 4.69) is 15.6 Å². The molecular weight excluding hydrogens is 376 g/mol. The van der Waals surface area contributed by atoms with Crippen molar-refractivity contribution in [3.63, 3.8) is 0 Å². The number of methoxy groups -OCH3 is 1. The molecule has 0 aliphatic heterocycles. The highest BCUT2D eigenvalue weighted by molar-refractivity contribution is 6.32. The van der Waals surface area contributed by atoms with Crippen molar-refractivity contribution in [2.45, 2.75) is 0 Å². The van der Waals surface area contributed by atoms with Crippen LogP contribution in [0.25, 0.3) is 0 Å². The number of carbonyl (C=O) groups is 1. The van der Waals surface area contributed by atoms with Gasteiger partial charge in [0.2, 0.25) is 0 Å². The summed E-state index contributed by atoms with van der Waals surface area (Å²) in [7, 11) is 5.49. The van der Waals surface area contributed by atoms with Crippen molar-refractivity contribution in [3.8, 4) is 5.75 Å². The van der Waals surface area contributed by atoms with Crippen LogP contribution in [0.2, 0.25) is 5.02 Å². The zero-order valence-corrected chi connectivity index (χ0v) is 16.6. The van der Waals surface area contributed by atoms with Gasteiger partial charge in [0.15, 0.2) is 0 Å². The van der Waals surface area contributed by atoms with Crippen LogP contribution < -0.4 is 20.3 Å². The van der Waals surface area contributed by atoms with Crippen molar-refractivity contribution in [1.29, 1.82) is 0 Å². The molecule has 0 atom stereocenters. The second-order valence-corrected chi connectivity index (χ2v) is 6.71. The Labute approximate surface area is 169 Å². The molecule has 0 saturated heterocycles. The van der Waals surface area contributed by atoms with Crippen LogP contribution in [0.15, 0.2) is 60.8 Å². The van der Waals surface area contributed by atoms with Crippen LogP contribution in [0.5, 0.6) is 5.75 Å². The second-order valence-electron chi connectivity index (χ2n) is 6.30. The standard InChI is InChI=1S/C21H21ClN4O2/c1-26(2)17-7-4-14(5-8-17)25-21(27)19-13-16(10-11-23-19)24-15-6-9-20(28-3)18(22)12-15/h4-13H,1-3H3,(H,23,24)(H,25,27). The van der Waals surface area contributed by atoms with Crippen LogP contribution >= 0.6 is 11.6 Å². The summed E-state index contributed by atoms with van der Waals surface area (Å²) in [4.78, 5) is 18.7. The maximum Gasteiger partial charge on any atom is 0.274 e. The van der Waals surface area contributed by atoms with E-state index in [1.165, 1.54) is 0 Å². The van der Waals surface area contributed by atoms with Gasteiger partial charge in [0.25, 0.3) is 5.91 Å². The molecule has 144 valence electrons. The van der Waals surface area contributed by atoms with E-state index in [0.717, 1.165) is 17.1 Å². The van der Waals surface area contributed by atoms with E-state index < -0.39 is 0 Å². The molecule has 3 rings (SSSR count). The number of nitrogens with one attached hydrogen (secondary N) is 2. The number of aromatic nitrogens is 1. The number of halogens is 1. The molecule has 1 aromatic heterocycles. The third-order valence-corrected chi connectivity index (χ3v) is 4.37. The van der Waals surface area contributed by atoms with Crippen LogP contribution in [-0.2, 0) is 0 Å². The Kier molecular flexibility index (Phi) is 6.01. The molecule has 2 aromatic carbocycles. The molecule has 28 heavy (non-hydrogen) atoms. The first kappa shape index (κ1) is 19.5. The van der Waals surface area contributed by atoms with Crippen molar-refractivity contribution in [2.75, 3.05) is 36.7 Å². The normalized spacial score (nSPS) is 10.3. The highest BCUT2D eigenvalue weighted by Gasteiger charge is 2.10. The average Bonchev–Trinajstić information content (AvgIpc) is 2.69. The van der Waals surface area contributed by atoms with Gasteiger partial charge in [-0.25, -0.2) is 0 Å². The average molecular weight is 397 g/mol. The molecule has 1 amide bonds. The third-order valence-electron chi connectivity index (χ3n) is 4.07. The fraction of sp³-hybridized carbons (Fsp3) is 0.143. The fourth-order valence-electron chi connectivity index (χ4n) is 2.58. The lowest BCUT2D eigenvalue weighted by molar-refractivity contribution is 0.102. The number of anilines is 4. The molecule has 0 spiro atoms. The number of pyridine rings is 1. The highest BCUT2D eigenvalue weighted by atomic mass is 35.5. The number of hydrogen-bond donors (Lipinski definition) is 2. The predicted octanol–water partition coefficient (Wildman–Crippen LogP) is 4.81. The van der Waals surface area contributed by atoms with Crippen molar-refractivity contribution >= 4 is 40.3 Å². The van der Waals surface area contributed by atoms with E-state index in [1.807, 2.05) is 49.3 Å². The monoisotopic (exact) mass is 396 g/mol. The van der Waals surface area contributed by atoms with Crippen molar-refractivity contribution < 1.29 is 9.53 Å². The van der Waals surface area contributed by atoms with Gasteiger partial charge in [-0.15, -0.1) is 0 Å². The summed E-state index contributed by atoms with van der Waals surface area (Å²) in [5.74, 6) is 0.316. The quantitative estimate of drug-likeness (QED) is 0.626. The molecular formula is C21H21ClN4O2. The molecule has 0 bridgehead atoms. The minimum atomic E-state index is -0.283. The van der Waals surface area contributed by atoms with E-state index in [0.29, 0.717) is 22.2 Å². The topological polar surface area (TPSA) is 66.5 Å². The van der Waals surface area contributed by atoms with Gasteiger partial charge in [-0.05, 0) is 54.6 Å². The van der Waals surface area contributed by atoms with Gasteiger partial charge in [-0.3, -0.25) is 9.78 Å². The number of ether oxygens (including phenoxy) is 1. The summed E-state index contributed by atoms with van der Waals surface area (Å²) in [6.45, 7) is 0. The SMILES string of the molecule is COc1ccc(Nc2ccnc(C(=O)Nc3ccc(N(C)C)cc3)c2)cc1Cl. The summed E-state index contributed by atoms with van der Waals surface area (Å²) in [5.41, 5.74) is 3.58. The second kappa shape index (κ2) is 8.63. The summed E-state index contributed by atoms with van der Waals surface area (Å²) in [5, 5.41) is 6.56. The molecule has 0 aliphatic carbocycles. The van der Waals surface area contributed by atoms with Crippen molar-refractivity contribution in [1.82, 2.24) is 4.98 Å². The zero-order valence-electron chi connectivity index (χ0n) is 15.9. The molecule has 0 unspecified atom stereocenters. The van der Waals surface area contributed by atoms with Crippen LogP contribution in [0, 0.1) is 0 Å². The maximum atomic E-state index is 12.5. The Bertz CT molecular complexity index is 974. The minimum Gasteiger partial charge on any atom is -0.495 e. The van der Waals surface area contributed by atoms with E-state index in [1.54, 1.807) is 37.6 Å². The molecule has 3 aromatic rings. The largest absolute Gasteiger partial charge is 0.495 e. The first-order valence-electron chi connectivity index (χ1n) is 8.61. The van der Waals surface area contributed by atoms with Gasteiger partial charge in [-0.1, -0.05) is 11.6 Å². The Morgan fingerprint density at radius 3 is 2.32 bits per heavy atom. The zero-order chi connectivity index (χ0) is 20.1. The summed E-state index contributed by atoms with van der Waals surface area (Å²) in [6, 6.07) is 16.4. The molecule has 0 fully saturated rings. The summed E-state index contributed by atoms with van der Waals surface area (Å²) in [6.07, 6.45) is 1.58. The lowest BCUT2D eigenvalue weighted by Gasteiger charge is -2.13. The van der Waals surface area contributed by atoms with Gasteiger partial charge in [0.1, 0.15) is 11.4 Å². The molecule has 6 nitrogen and oxygen atoms in total. The van der Waals surface area contributed by atoms with Gasteiger partial charge in [-0.2, -0.15) is 0 Å². The number of nitrogens with zero attached hydrogens (tertiary/aromatic N) is 2. The molecule has 0 aliphatic rings. The number of carbonyl (C=O) groups excluding carboxylic acids is 1. The van der Waals surface area contributed by atoms with Gasteiger partial charge < -0.3 is 20.3 Å². The number of rotatable bonds is 6. The highest BCUT2D eigenvalue weighted by Crippen LogP contribution is 2.29. The number of benzene rings is 2. The number of hydrogen-bond acceptors (Lipinski definition) is 5. The molecule has 1 heterocycles. The van der Waals surface area contributed by atoms with Gasteiger partial charge in [0, 0.05) is 43.0 Å². The summed E-state index contributed by atoms with van der Waals surface area (Å²) < 4.78 is 5.15. The first-order valence-corrected chi connectivity index (χ1v) is 8.99. The Hall–Kier alpha value is -3.25. The van der Waals surface area contributed by atoms with Crippen LogP contribution in [0.1, 0.15) is 10.5 Å². The van der Waals surface area contributed by atoms with Crippen molar-refractivity contribution in [3.05, 3.63) is 71.5 Å². The Morgan fingerprint density at radius 1 is 1.00 bits per heavy atom. The third kappa shape index (κ3) is 4.72. The lowest BCUT2D eigenvalue weighted by Crippen LogP contribution is -2.14. The van der Waals surface area contributed by atoms with E-state index >= 15 is 0 Å². The van der Waals surface area contributed by atoms with Gasteiger partial charge in [0.05, 0.1) is 12.1 Å². The van der Waals surface area contributed by atoms with Gasteiger partial charge >= 0.3 is 0 Å². The van der Waals surface area contributed by atoms with E-state index in [4.69, 9.17) is 16.3 Å². The van der Waals surface area contributed by atoms with Crippen LogP contribution in [-0.4, -0.2) is 32.1 Å². The van der Waals surface area contributed by atoms with Crippen LogP contribution in [0.4, 0.5) is 22.7 Å². The Balaban J connectivity index is 1.71. The van der Waals surface area contributed by atoms with Crippen LogP contribution in [0.3, 0.4) is 0 Å². The molecule has 7 heteroatoms. The molecule has 0 saturated carbocycles. The number of amides is 1. The molecule has 2 N–H and O–H groups in total. The predicted molar refractivity (Wildman–Crippen MR) is 114 cm³/mol.